The van der Waals surface area contributed by atoms with Crippen molar-refractivity contribution in [3.05, 3.63) is 46.7 Å². The molecule has 3 aromatic rings. The fourth-order valence-corrected chi connectivity index (χ4v) is 5.78. The first-order valence-corrected chi connectivity index (χ1v) is 11.2. The first-order valence-electron chi connectivity index (χ1n) is 9.39. The second-order valence-corrected chi connectivity index (χ2v) is 9.28. The van der Waals surface area contributed by atoms with Gasteiger partial charge in [0, 0.05) is 30.8 Å². The molecule has 3 heterocycles. The molecule has 5 nitrogen and oxygen atoms in total. The zero-order valence-corrected chi connectivity index (χ0v) is 17.2. The number of thioether (sulfide) groups is 1. The molecular formula is C20H22FN3O2S2. The Hall–Kier alpha value is -1.90. The van der Waals surface area contributed by atoms with Crippen LogP contribution >= 0.6 is 23.1 Å². The van der Waals surface area contributed by atoms with Gasteiger partial charge in [-0.25, -0.2) is 4.39 Å². The lowest BCUT2D eigenvalue weighted by molar-refractivity contribution is 0.0967. The number of carbonyl (C=O) groups excluding carboxylic acids is 1. The van der Waals surface area contributed by atoms with Crippen LogP contribution in [-0.2, 0) is 0 Å². The Morgan fingerprint density at radius 1 is 1.39 bits per heavy atom. The van der Waals surface area contributed by atoms with Crippen LogP contribution in [0.3, 0.4) is 0 Å². The van der Waals surface area contributed by atoms with E-state index >= 15 is 0 Å². The van der Waals surface area contributed by atoms with Crippen molar-refractivity contribution in [1.29, 1.82) is 0 Å². The number of hydrogen-bond donors (Lipinski definition) is 1. The summed E-state index contributed by atoms with van der Waals surface area (Å²) in [5, 5.41) is 7.83. The molecule has 1 fully saturated rings. The van der Waals surface area contributed by atoms with Gasteiger partial charge in [0.05, 0.1) is 15.1 Å². The second kappa shape index (κ2) is 8.63. The molecule has 0 aliphatic carbocycles. The first kappa shape index (κ1) is 19.4. The highest BCUT2D eigenvalue weighted by Crippen LogP contribution is 2.35. The molecule has 1 saturated heterocycles. The number of likely N-dealkylation sites (tertiary alicyclic amines) is 1. The molecule has 0 spiro atoms. The number of benzene rings is 1. The Kier molecular flexibility index (Phi) is 5.99. The average molecular weight is 420 g/mol. The molecule has 0 radical (unpaired) electrons. The third-order valence-corrected chi connectivity index (χ3v) is 7.34. The fraction of sp³-hybridized carbons (Fsp3) is 0.400. The standard InChI is InChI=1S/C20H22FN3O2S2/c1-22-20(25)17-7-8-18(28-17)27-11-10-24-9-3-2-4-15(24)19-14-6-5-13(21)12-16(14)26-23-19/h5-8,12,15H,2-4,9-11H2,1H3,(H,22,25). The number of rotatable bonds is 6. The summed E-state index contributed by atoms with van der Waals surface area (Å²) in [4.78, 5) is 14.9. The predicted octanol–water partition coefficient (Wildman–Crippen LogP) is 4.71. The molecule has 1 N–H and O–H groups in total. The van der Waals surface area contributed by atoms with Crippen LogP contribution in [0.25, 0.3) is 11.0 Å². The third-order valence-electron chi connectivity index (χ3n) is 5.05. The monoisotopic (exact) mass is 419 g/mol. The molecule has 1 aromatic carbocycles. The topological polar surface area (TPSA) is 58.4 Å². The van der Waals surface area contributed by atoms with Gasteiger partial charge in [-0.2, -0.15) is 0 Å². The van der Waals surface area contributed by atoms with E-state index in [1.807, 2.05) is 12.1 Å². The molecule has 2 aromatic heterocycles. The molecule has 1 amide bonds. The summed E-state index contributed by atoms with van der Waals surface area (Å²) in [6, 6.07) is 8.71. The number of halogens is 1. The quantitative estimate of drug-likeness (QED) is 0.587. The van der Waals surface area contributed by atoms with Gasteiger partial charge >= 0.3 is 0 Å². The fourth-order valence-electron chi connectivity index (χ4n) is 3.65. The number of piperidine rings is 1. The van der Waals surface area contributed by atoms with E-state index < -0.39 is 0 Å². The Balaban J connectivity index is 1.42. The summed E-state index contributed by atoms with van der Waals surface area (Å²) in [5.74, 6) is 0.593. The van der Waals surface area contributed by atoms with E-state index in [2.05, 4.69) is 15.4 Å². The normalized spacial score (nSPS) is 17.9. The highest BCUT2D eigenvalue weighted by molar-refractivity contribution is 8.01. The minimum absolute atomic E-state index is 0.0395. The molecule has 148 valence electrons. The van der Waals surface area contributed by atoms with E-state index in [9.17, 15) is 9.18 Å². The van der Waals surface area contributed by atoms with Crippen LogP contribution in [0, 0.1) is 5.82 Å². The number of amides is 1. The van der Waals surface area contributed by atoms with Crippen LogP contribution in [0.15, 0.2) is 39.1 Å². The smallest absolute Gasteiger partial charge is 0.261 e. The number of fused-ring (bicyclic) bond motifs is 1. The maximum absolute atomic E-state index is 13.4. The van der Waals surface area contributed by atoms with Gasteiger partial charge in [-0.05, 0) is 43.7 Å². The molecule has 0 bridgehead atoms. The van der Waals surface area contributed by atoms with Crippen molar-refractivity contribution in [2.75, 3.05) is 25.9 Å². The summed E-state index contributed by atoms with van der Waals surface area (Å²) in [7, 11) is 1.65. The molecule has 1 aliphatic rings. The van der Waals surface area contributed by atoms with Crippen molar-refractivity contribution in [3.63, 3.8) is 0 Å². The molecule has 0 saturated carbocycles. The van der Waals surface area contributed by atoms with Gasteiger partial charge < -0.3 is 9.84 Å². The lowest BCUT2D eigenvalue weighted by Gasteiger charge is -2.34. The van der Waals surface area contributed by atoms with Gasteiger partial charge in [-0.1, -0.05) is 11.6 Å². The van der Waals surface area contributed by atoms with Crippen molar-refractivity contribution < 1.29 is 13.7 Å². The average Bonchev–Trinajstić information content (AvgIpc) is 3.34. The SMILES string of the molecule is CNC(=O)c1ccc(SCCN2CCCCC2c2noc3cc(F)ccc23)s1. The van der Waals surface area contributed by atoms with Gasteiger partial charge in [0.2, 0.25) is 0 Å². The van der Waals surface area contributed by atoms with Gasteiger partial charge in [-0.15, -0.1) is 23.1 Å². The minimum Gasteiger partial charge on any atom is -0.356 e. The van der Waals surface area contributed by atoms with E-state index in [0.29, 0.717) is 5.58 Å². The van der Waals surface area contributed by atoms with Crippen molar-refractivity contribution >= 4 is 40.0 Å². The summed E-state index contributed by atoms with van der Waals surface area (Å²) < 4.78 is 20.0. The van der Waals surface area contributed by atoms with Crippen molar-refractivity contribution in [3.8, 4) is 0 Å². The highest BCUT2D eigenvalue weighted by Gasteiger charge is 2.28. The van der Waals surface area contributed by atoms with Crippen molar-refractivity contribution in [2.45, 2.75) is 29.5 Å². The number of thiophene rings is 1. The maximum atomic E-state index is 13.4. The van der Waals surface area contributed by atoms with Gasteiger partial charge in [0.25, 0.3) is 5.91 Å². The number of aromatic nitrogens is 1. The van der Waals surface area contributed by atoms with Gasteiger partial charge in [0.15, 0.2) is 5.58 Å². The van der Waals surface area contributed by atoms with Crippen LogP contribution in [0.2, 0.25) is 0 Å². The largest absolute Gasteiger partial charge is 0.356 e. The lowest BCUT2D eigenvalue weighted by Crippen LogP contribution is -2.35. The summed E-state index contributed by atoms with van der Waals surface area (Å²) in [5.41, 5.74) is 1.42. The minimum atomic E-state index is -0.306. The number of carbonyl (C=O) groups is 1. The van der Waals surface area contributed by atoms with Crippen LogP contribution in [0.4, 0.5) is 4.39 Å². The molecule has 8 heteroatoms. The van der Waals surface area contributed by atoms with E-state index in [0.717, 1.165) is 51.9 Å². The van der Waals surface area contributed by atoms with Gasteiger partial charge in [-0.3, -0.25) is 9.69 Å². The van der Waals surface area contributed by atoms with Crippen molar-refractivity contribution in [2.24, 2.45) is 0 Å². The van der Waals surface area contributed by atoms with Crippen LogP contribution in [-0.4, -0.2) is 41.9 Å². The Bertz CT molecular complexity index is 971. The summed E-state index contributed by atoms with van der Waals surface area (Å²) in [6.07, 6.45) is 3.36. The summed E-state index contributed by atoms with van der Waals surface area (Å²) >= 11 is 3.29. The zero-order valence-electron chi connectivity index (χ0n) is 15.6. The van der Waals surface area contributed by atoms with E-state index in [1.54, 1.807) is 24.9 Å². The third kappa shape index (κ3) is 4.09. The zero-order chi connectivity index (χ0) is 19.5. The highest BCUT2D eigenvalue weighted by atomic mass is 32.2. The number of nitrogens with one attached hydrogen (secondary N) is 1. The van der Waals surface area contributed by atoms with Crippen molar-refractivity contribution in [1.82, 2.24) is 15.4 Å². The van der Waals surface area contributed by atoms with E-state index in [4.69, 9.17) is 4.52 Å². The predicted molar refractivity (Wildman–Crippen MR) is 111 cm³/mol. The lowest BCUT2D eigenvalue weighted by atomic mass is 9.97. The summed E-state index contributed by atoms with van der Waals surface area (Å²) in [6.45, 7) is 1.95. The molecule has 1 atom stereocenters. The number of nitrogens with zero attached hydrogens (tertiary/aromatic N) is 2. The Morgan fingerprint density at radius 2 is 2.29 bits per heavy atom. The molecule has 1 unspecified atom stereocenters. The molecule has 28 heavy (non-hydrogen) atoms. The molecular weight excluding hydrogens is 397 g/mol. The number of hydrogen-bond acceptors (Lipinski definition) is 6. The first-order chi connectivity index (χ1) is 13.7. The van der Waals surface area contributed by atoms with E-state index in [1.165, 1.54) is 29.9 Å². The molecule has 1 aliphatic heterocycles. The van der Waals surface area contributed by atoms with Gasteiger partial charge in [0.1, 0.15) is 11.5 Å². The maximum Gasteiger partial charge on any atom is 0.261 e. The Labute approximate surface area is 171 Å². The molecule has 4 rings (SSSR count). The van der Waals surface area contributed by atoms with Crippen LogP contribution in [0.5, 0.6) is 0 Å². The van der Waals surface area contributed by atoms with Crippen LogP contribution in [0.1, 0.15) is 40.7 Å². The van der Waals surface area contributed by atoms with Crippen LogP contribution < -0.4 is 5.32 Å². The Morgan fingerprint density at radius 3 is 3.14 bits per heavy atom. The second-order valence-electron chi connectivity index (χ2n) is 6.80. The van der Waals surface area contributed by atoms with E-state index in [-0.39, 0.29) is 17.8 Å².